The van der Waals surface area contributed by atoms with Crippen molar-refractivity contribution in [2.45, 2.75) is 44.9 Å². The summed E-state index contributed by atoms with van der Waals surface area (Å²) in [5, 5.41) is 18.0. The van der Waals surface area contributed by atoms with Crippen molar-refractivity contribution in [3.63, 3.8) is 0 Å². The molecule has 0 amide bonds. The summed E-state index contributed by atoms with van der Waals surface area (Å²) in [7, 11) is -1.19. The lowest BCUT2D eigenvalue weighted by Crippen LogP contribution is -2.08. The molecule has 0 saturated carbocycles. The van der Waals surface area contributed by atoms with Gasteiger partial charge in [-0.3, -0.25) is 4.21 Å². The van der Waals surface area contributed by atoms with Crippen LogP contribution >= 0.6 is 0 Å². The number of hydrogen-bond donors (Lipinski definition) is 1. The van der Waals surface area contributed by atoms with Crippen LogP contribution in [-0.4, -0.2) is 21.0 Å². The Morgan fingerprint density at radius 2 is 2.05 bits per heavy atom. The number of aromatic carboxylic acids is 1. The van der Waals surface area contributed by atoms with Crippen LogP contribution in [0.3, 0.4) is 0 Å². The number of rotatable bonds is 7. The van der Waals surface area contributed by atoms with Crippen molar-refractivity contribution in [2.75, 3.05) is 5.75 Å². The number of nitrogens with zero attached hydrogens (tertiary/aromatic N) is 1. The van der Waals surface area contributed by atoms with Gasteiger partial charge in [-0.05, 0) is 51.3 Å². The molecule has 0 saturated heterocycles. The van der Waals surface area contributed by atoms with E-state index in [1.54, 1.807) is 19.1 Å². The first-order valence-electron chi connectivity index (χ1n) is 6.90. The van der Waals surface area contributed by atoms with Crippen LogP contribution in [0.5, 0.6) is 0 Å². The fourth-order valence-corrected chi connectivity index (χ4v) is 3.12. The summed E-state index contributed by atoms with van der Waals surface area (Å²) in [4.78, 5) is 11.6. The third-order valence-electron chi connectivity index (χ3n) is 3.39. The van der Waals surface area contributed by atoms with E-state index < -0.39 is 16.8 Å². The van der Waals surface area contributed by atoms with Crippen LogP contribution in [-0.2, 0) is 10.8 Å². The first kappa shape index (κ1) is 17.4. The van der Waals surface area contributed by atoms with E-state index in [2.05, 4.69) is 6.07 Å². The molecule has 0 fully saturated rings. The number of nitriles is 1. The van der Waals surface area contributed by atoms with Gasteiger partial charge in [0, 0.05) is 10.6 Å². The number of hydrogen-bond acceptors (Lipinski definition) is 3. The molecule has 1 rings (SSSR count). The van der Waals surface area contributed by atoms with E-state index in [1.165, 1.54) is 6.07 Å². The standard InChI is InChI=1S/C16H21NO3S/c1-12-6-7-13(10-14(12)15(18)19)21(20)9-5-4-8-16(2,3)11-17/h6-7,10H,4-5,8-9H2,1-3H3,(H,18,19). The molecule has 0 aliphatic rings. The van der Waals surface area contributed by atoms with Crippen LogP contribution in [0, 0.1) is 23.7 Å². The molecule has 21 heavy (non-hydrogen) atoms. The van der Waals surface area contributed by atoms with Gasteiger partial charge in [0.25, 0.3) is 0 Å². The largest absolute Gasteiger partial charge is 0.478 e. The Hall–Kier alpha value is -1.67. The Balaban J connectivity index is 2.59. The van der Waals surface area contributed by atoms with Crippen molar-refractivity contribution < 1.29 is 14.1 Å². The van der Waals surface area contributed by atoms with E-state index in [0.717, 1.165) is 19.3 Å². The van der Waals surface area contributed by atoms with E-state index in [0.29, 0.717) is 16.2 Å². The Morgan fingerprint density at radius 1 is 1.38 bits per heavy atom. The number of benzene rings is 1. The zero-order valence-corrected chi connectivity index (χ0v) is 13.5. The number of carboxylic acid groups (broad SMARTS) is 1. The highest BCUT2D eigenvalue weighted by atomic mass is 32.2. The molecular formula is C16H21NO3S. The van der Waals surface area contributed by atoms with Crippen LogP contribution in [0.1, 0.15) is 49.0 Å². The Morgan fingerprint density at radius 3 is 2.62 bits per heavy atom. The molecule has 0 aliphatic heterocycles. The van der Waals surface area contributed by atoms with Gasteiger partial charge in [0.2, 0.25) is 0 Å². The maximum Gasteiger partial charge on any atom is 0.335 e. The van der Waals surface area contributed by atoms with Crippen LogP contribution in [0.25, 0.3) is 0 Å². The first-order chi connectivity index (χ1) is 9.76. The molecule has 0 aliphatic carbocycles. The van der Waals surface area contributed by atoms with E-state index in [-0.39, 0.29) is 11.0 Å². The van der Waals surface area contributed by atoms with E-state index in [1.807, 2.05) is 13.8 Å². The predicted molar refractivity (Wildman–Crippen MR) is 82.7 cm³/mol. The summed E-state index contributed by atoms with van der Waals surface area (Å²) in [5.74, 6) is -0.508. The van der Waals surface area contributed by atoms with Gasteiger partial charge in [0.1, 0.15) is 0 Å². The zero-order valence-electron chi connectivity index (χ0n) is 12.7. The van der Waals surface area contributed by atoms with Crippen molar-refractivity contribution in [1.29, 1.82) is 5.26 Å². The minimum absolute atomic E-state index is 0.200. The van der Waals surface area contributed by atoms with Crippen molar-refractivity contribution in [3.8, 4) is 6.07 Å². The Labute approximate surface area is 128 Å². The molecule has 1 unspecified atom stereocenters. The van der Waals surface area contributed by atoms with Gasteiger partial charge in [0.15, 0.2) is 0 Å². The average molecular weight is 307 g/mol. The third-order valence-corrected chi connectivity index (χ3v) is 4.83. The highest BCUT2D eigenvalue weighted by molar-refractivity contribution is 7.85. The molecule has 5 heteroatoms. The van der Waals surface area contributed by atoms with Gasteiger partial charge in [-0.25, -0.2) is 4.79 Å². The second-order valence-electron chi connectivity index (χ2n) is 5.78. The second kappa shape index (κ2) is 7.37. The van der Waals surface area contributed by atoms with Crippen molar-refractivity contribution in [3.05, 3.63) is 29.3 Å². The summed E-state index contributed by atoms with van der Waals surface area (Å²) in [6, 6.07) is 7.15. The molecule has 1 atom stereocenters. The van der Waals surface area contributed by atoms with Crippen molar-refractivity contribution >= 4 is 16.8 Å². The predicted octanol–water partition coefficient (Wildman–Crippen LogP) is 3.52. The minimum Gasteiger partial charge on any atom is -0.478 e. The highest BCUT2D eigenvalue weighted by Gasteiger charge is 2.16. The number of aryl methyl sites for hydroxylation is 1. The fourth-order valence-electron chi connectivity index (χ4n) is 1.95. The molecule has 4 nitrogen and oxygen atoms in total. The smallest absolute Gasteiger partial charge is 0.335 e. The van der Waals surface area contributed by atoms with Gasteiger partial charge in [-0.2, -0.15) is 5.26 Å². The molecule has 0 aromatic heterocycles. The molecular weight excluding hydrogens is 286 g/mol. The summed E-state index contributed by atoms with van der Waals surface area (Å²) in [6.45, 7) is 5.51. The highest BCUT2D eigenvalue weighted by Crippen LogP contribution is 2.22. The van der Waals surface area contributed by atoms with Gasteiger partial charge >= 0.3 is 5.97 Å². The maximum atomic E-state index is 12.2. The SMILES string of the molecule is Cc1ccc(S(=O)CCCCC(C)(C)C#N)cc1C(=O)O. The summed E-state index contributed by atoms with van der Waals surface area (Å²) < 4.78 is 12.2. The summed E-state index contributed by atoms with van der Waals surface area (Å²) >= 11 is 0. The Kier molecular flexibility index (Phi) is 6.10. The van der Waals surface area contributed by atoms with Crippen LogP contribution < -0.4 is 0 Å². The lowest BCUT2D eigenvalue weighted by atomic mass is 9.89. The number of carboxylic acids is 1. The normalized spacial score (nSPS) is 12.7. The molecule has 0 spiro atoms. The first-order valence-corrected chi connectivity index (χ1v) is 8.22. The molecule has 0 heterocycles. The van der Waals surface area contributed by atoms with Gasteiger partial charge in [0.05, 0.1) is 27.8 Å². The average Bonchev–Trinajstić information content (AvgIpc) is 2.43. The third kappa shape index (κ3) is 5.31. The number of unbranched alkanes of at least 4 members (excludes halogenated alkanes) is 1. The lowest BCUT2D eigenvalue weighted by molar-refractivity contribution is 0.0696. The van der Waals surface area contributed by atoms with E-state index in [9.17, 15) is 9.00 Å². The molecule has 1 aromatic carbocycles. The van der Waals surface area contributed by atoms with Crippen molar-refractivity contribution in [1.82, 2.24) is 0 Å². The van der Waals surface area contributed by atoms with Crippen molar-refractivity contribution in [2.24, 2.45) is 5.41 Å². The van der Waals surface area contributed by atoms with Crippen LogP contribution in [0.2, 0.25) is 0 Å². The van der Waals surface area contributed by atoms with Gasteiger partial charge < -0.3 is 5.11 Å². The number of carbonyl (C=O) groups is 1. The topological polar surface area (TPSA) is 78.2 Å². The van der Waals surface area contributed by atoms with Crippen LogP contribution in [0.4, 0.5) is 0 Å². The van der Waals surface area contributed by atoms with Crippen LogP contribution in [0.15, 0.2) is 23.1 Å². The molecule has 1 aromatic rings. The van der Waals surface area contributed by atoms with Gasteiger partial charge in [-0.1, -0.05) is 12.5 Å². The maximum absolute atomic E-state index is 12.2. The lowest BCUT2D eigenvalue weighted by Gasteiger charge is -2.14. The summed E-state index contributed by atoms with van der Waals surface area (Å²) in [5.41, 5.74) is 0.521. The quantitative estimate of drug-likeness (QED) is 0.782. The Bertz CT molecular complexity index is 588. The van der Waals surface area contributed by atoms with Gasteiger partial charge in [-0.15, -0.1) is 0 Å². The second-order valence-corrected chi connectivity index (χ2v) is 7.36. The molecule has 114 valence electrons. The van der Waals surface area contributed by atoms with E-state index >= 15 is 0 Å². The molecule has 0 bridgehead atoms. The minimum atomic E-state index is -1.19. The zero-order chi connectivity index (χ0) is 16.0. The fraction of sp³-hybridized carbons (Fsp3) is 0.500. The molecule has 0 radical (unpaired) electrons. The summed E-state index contributed by atoms with van der Waals surface area (Å²) in [6.07, 6.45) is 2.37. The molecule has 1 N–H and O–H groups in total. The van der Waals surface area contributed by atoms with E-state index in [4.69, 9.17) is 10.4 Å². The monoisotopic (exact) mass is 307 g/mol.